The Kier molecular flexibility index (Phi) is 4.93. The zero-order valence-corrected chi connectivity index (χ0v) is 15.6. The highest BCUT2D eigenvalue weighted by Crippen LogP contribution is 2.20. The summed E-state index contributed by atoms with van der Waals surface area (Å²) in [6.07, 6.45) is 2.63. The molecule has 6 nitrogen and oxygen atoms in total. The molecule has 0 fully saturated rings. The molecule has 0 spiro atoms. The third-order valence-electron chi connectivity index (χ3n) is 4.98. The summed E-state index contributed by atoms with van der Waals surface area (Å²) >= 11 is 0. The van der Waals surface area contributed by atoms with E-state index in [0.29, 0.717) is 17.7 Å². The molecule has 142 valence electrons. The molecule has 3 aromatic rings. The van der Waals surface area contributed by atoms with Crippen LogP contribution < -0.4 is 10.6 Å². The number of nitrogens with one attached hydrogen (secondary N) is 3. The van der Waals surface area contributed by atoms with E-state index in [1.165, 1.54) is 17.3 Å². The normalized spacial score (nSPS) is 16.8. The Labute approximate surface area is 163 Å². The topological polar surface area (TPSA) is 86.9 Å². The minimum Gasteiger partial charge on any atom is -0.352 e. The first-order valence-electron chi connectivity index (χ1n) is 9.38. The van der Waals surface area contributed by atoms with Crippen molar-refractivity contribution >= 4 is 11.8 Å². The summed E-state index contributed by atoms with van der Waals surface area (Å²) in [5.74, 6) is -0.443. The predicted octanol–water partition coefficient (Wildman–Crippen LogP) is 2.48. The minimum atomic E-state index is -0.580. The zero-order valence-electron chi connectivity index (χ0n) is 15.6. The monoisotopic (exact) mass is 374 g/mol. The van der Waals surface area contributed by atoms with Gasteiger partial charge in [0.05, 0.1) is 17.5 Å². The number of nitrogens with zero attached hydrogens (tertiary/aromatic N) is 1. The third-order valence-corrected chi connectivity index (χ3v) is 4.98. The minimum absolute atomic E-state index is 0.0462. The average Bonchev–Trinajstić information content (AvgIpc) is 3.18. The number of H-pyrrole nitrogens is 1. The number of fused-ring (bicyclic) bond motifs is 1. The Balaban J connectivity index is 1.35. The summed E-state index contributed by atoms with van der Waals surface area (Å²) in [5, 5.41) is 12.4. The molecule has 28 heavy (non-hydrogen) atoms. The van der Waals surface area contributed by atoms with E-state index in [-0.39, 0.29) is 17.9 Å². The van der Waals surface area contributed by atoms with Crippen molar-refractivity contribution in [1.29, 1.82) is 0 Å². The molecule has 2 aromatic carbocycles. The van der Waals surface area contributed by atoms with Gasteiger partial charge in [-0.25, -0.2) is 0 Å². The van der Waals surface area contributed by atoms with Gasteiger partial charge >= 0.3 is 0 Å². The summed E-state index contributed by atoms with van der Waals surface area (Å²) in [6.45, 7) is 1.97. The van der Waals surface area contributed by atoms with Crippen LogP contribution in [0.15, 0.2) is 60.8 Å². The Bertz CT molecular complexity index is 979. The van der Waals surface area contributed by atoms with Crippen molar-refractivity contribution in [2.24, 2.45) is 0 Å². The van der Waals surface area contributed by atoms with Crippen molar-refractivity contribution in [3.8, 4) is 11.1 Å². The van der Waals surface area contributed by atoms with E-state index in [9.17, 15) is 9.59 Å². The van der Waals surface area contributed by atoms with Gasteiger partial charge in [0.1, 0.15) is 6.04 Å². The number of benzene rings is 2. The summed E-state index contributed by atoms with van der Waals surface area (Å²) in [7, 11) is 0. The van der Waals surface area contributed by atoms with Crippen LogP contribution in [-0.2, 0) is 17.6 Å². The highest BCUT2D eigenvalue weighted by Gasteiger charge is 2.30. The van der Waals surface area contributed by atoms with Gasteiger partial charge in [0.15, 0.2) is 0 Å². The molecule has 3 N–H and O–H groups in total. The van der Waals surface area contributed by atoms with Crippen LogP contribution in [0.3, 0.4) is 0 Å². The fourth-order valence-electron chi connectivity index (χ4n) is 3.53. The zero-order chi connectivity index (χ0) is 19.5. The second-order valence-corrected chi connectivity index (χ2v) is 7.17. The van der Waals surface area contributed by atoms with E-state index >= 15 is 0 Å². The molecule has 2 amide bonds. The lowest BCUT2D eigenvalue weighted by Gasteiger charge is -2.24. The van der Waals surface area contributed by atoms with Gasteiger partial charge in [-0.15, -0.1) is 0 Å². The van der Waals surface area contributed by atoms with E-state index in [2.05, 4.69) is 57.2 Å². The van der Waals surface area contributed by atoms with Gasteiger partial charge in [-0.3, -0.25) is 14.7 Å². The maximum Gasteiger partial charge on any atom is 0.255 e. The first-order valence-corrected chi connectivity index (χ1v) is 9.38. The lowest BCUT2D eigenvalue weighted by atomic mass is 10.00. The molecule has 0 saturated heterocycles. The number of carbonyl (C=O) groups excluding carboxylic acids is 2. The highest BCUT2D eigenvalue weighted by atomic mass is 16.2. The van der Waals surface area contributed by atoms with E-state index < -0.39 is 6.04 Å². The number of hydrogen-bond donors (Lipinski definition) is 3. The number of aromatic nitrogens is 2. The SMILES string of the molecule is CC(Cc1ccc(-c2ccccc2)cc1)NC(=O)[C@@H]1Cc2[nH]ncc2C(=O)N1. The first kappa shape index (κ1) is 18.0. The maximum atomic E-state index is 12.6. The number of carbonyl (C=O) groups is 2. The van der Waals surface area contributed by atoms with E-state index in [1.54, 1.807) is 0 Å². The fraction of sp³-hybridized carbons (Fsp3) is 0.227. The molecule has 0 radical (unpaired) electrons. The van der Waals surface area contributed by atoms with Crippen LogP contribution in [-0.4, -0.2) is 34.1 Å². The summed E-state index contributed by atoms with van der Waals surface area (Å²) in [5.41, 5.74) is 4.71. The highest BCUT2D eigenvalue weighted by molar-refractivity contribution is 6.00. The molecule has 1 aromatic heterocycles. The van der Waals surface area contributed by atoms with Crippen LogP contribution in [0.1, 0.15) is 28.5 Å². The van der Waals surface area contributed by atoms with Crippen LogP contribution in [0.2, 0.25) is 0 Å². The summed E-state index contributed by atoms with van der Waals surface area (Å²) < 4.78 is 0. The molecular weight excluding hydrogens is 352 g/mol. The molecule has 1 aliphatic heterocycles. The van der Waals surface area contributed by atoms with E-state index in [4.69, 9.17) is 0 Å². The molecule has 1 aliphatic rings. The van der Waals surface area contributed by atoms with Crippen LogP contribution in [0.25, 0.3) is 11.1 Å². The van der Waals surface area contributed by atoms with Crippen LogP contribution in [0.5, 0.6) is 0 Å². The van der Waals surface area contributed by atoms with Gasteiger partial charge in [-0.1, -0.05) is 54.6 Å². The number of aromatic amines is 1. The molecule has 4 rings (SSSR count). The van der Waals surface area contributed by atoms with Crippen LogP contribution >= 0.6 is 0 Å². The Morgan fingerprint density at radius 2 is 1.86 bits per heavy atom. The van der Waals surface area contributed by atoms with Gasteiger partial charge < -0.3 is 10.6 Å². The van der Waals surface area contributed by atoms with Gasteiger partial charge in [0, 0.05) is 12.5 Å². The van der Waals surface area contributed by atoms with Crippen molar-refractivity contribution < 1.29 is 9.59 Å². The molecule has 1 unspecified atom stereocenters. The number of hydrogen-bond acceptors (Lipinski definition) is 3. The number of amides is 2. The molecular formula is C22H22N4O2. The average molecular weight is 374 g/mol. The maximum absolute atomic E-state index is 12.6. The number of rotatable bonds is 5. The van der Waals surface area contributed by atoms with Crippen LogP contribution in [0.4, 0.5) is 0 Å². The van der Waals surface area contributed by atoms with Crippen molar-refractivity contribution in [1.82, 2.24) is 20.8 Å². The van der Waals surface area contributed by atoms with Gasteiger partial charge in [-0.05, 0) is 30.0 Å². The molecule has 2 atom stereocenters. The largest absolute Gasteiger partial charge is 0.352 e. The lowest BCUT2D eigenvalue weighted by molar-refractivity contribution is -0.123. The molecule has 0 aliphatic carbocycles. The summed E-state index contributed by atoms with van der Waals surface area (Å²) in [6, 6.07) is 18.0. The van der Waals surface area contributed by atoms with Gasteiger partial charge in [-0.2, -0.15) is 5.10 Å². The lowest BCUT2D eigenvalue weighted by Crippen LogP contribution is -2.52. The van der Waals surface area contributed by atoms with Crippen LogP contribution in [0, 0.1) is 0 Å². The first-order chi connectivity index (χ1) is 13.6. The standard InChI is InChI=1S/C22H22N4O2/c1-14(11-15-7-9-17(10-8-15)16-5-3-2-4-6-16)24-22(28)20-12-19-18(13-23-26-19)21(27)25-20/h2-10,13-14,20H,11-12H2,1H3,(H,23,26)(H,24,28)(H,25,27)/t14?,20-/m0/s1. The molecule has 0 saturated carbocycles. The second kappa shape index (κ2) is 7.68. The quantitative estimate of drug-likeness (QED) is 0.641. The Morgan fingerprint density at radius 3 is 2.61 bits per heavy atom. The van der Waals surface area contributed by atoms with Crippen molar-refractivity contribution in [2.45, 2.75) is 31.8 Å². The van der Waals surface area contributed by atoms with Crippen molar-refractivity contribution in [2.75, 3.05) is 0 Å². The Morgan fingerprint density at radius 1 is 1.14 bits per heavy atom. The van der Waals surface area contributed by atoms with Gasteiger partial charge in [0.25, 0.3) is 5.91 Å². The second-order valence-electron chi connectivity index (χ2n) is 7.17. The smallest absolute Gasteiger partial charge is 0.255 e. The Hall–Kier alpha value is -3.41. The third kappa shape index (κ3) is 3.81. The van der Waals surface area contributed by atoms with E-state index in [0.717, 1.165) is 12.0 Å². The predicted molar refractivity (Wildman–Crippen MR) is 107 cm³/mol. The fourth-order valence-corrected chi connectivity index (χ4v) is 3.53. The molecule has 0 bridgehead atoms. The van der Waals surface area contributed by atoms with E-state index in [1.807, 2.05) is 25.1 Å². The summed E-state index contributed by atoms with van der Waals surface area (Å²) in [4.78, 5) is 24.6. The molecule has 2 heterocycles. The van der Waals surface area contributed by atoms with Crippen molar-refractivity contribution in [3.63, 3.8) is 0 Å². The van der Waals surface area contributed by atoms with Crippen molar-refractivity contribution in [3.05, 3.63) is 77.6 Å². The molecule has 6 heteroatoms. The van der Waals surface area contributed by atoms with Gasteiger partial charge in [0.2, 0.25) is 5.91 Å².